The molecule has 0 saturated carbocycles. The number of alkyl halides is 1. The van der Waals surface area contributed by atoms with Crippen molar-refractivity contribution in [3.63, 3.8) is 0 Å². The lowest BCUT2D eigenvalue weighted by atomic mass is 9.93. The van der Waals surface area contributed by atoms with Crippen LogP contribution in [0, 0.1) is 5.92 Å². The van der Waals surface area contributed by atoms with Crippen LogP contribution < -0.4 is 4.74 Å². The molecule has 4 nitrogen and oxygen atoms in total. The van der Waals surface area contributed by atoms with E-state index in [0.29, 0.717) is 22.0 Å². The zero-order valence-corrected chi connectivity index (χ0v) is 17.9. The lowest BCUT2D eigenvalue weighted by Crippen LogP contribution is -2.21. The van der Waals surface area contributed by atoms with E-state index in [-0.39, 0.29) is 23.3 Å². The number of halogens is 2. The Kier molecular flexibility index (Phi) is 8.42. The van der Waals surface area contributed by atoms with E-state index in [1.807, 2.05) is 30.3 Å². The number of pyridine rings is 1. The van der Waals surface area contributed by atoms with Crippen LogP contribution >= 0.6 is 27.5 Å². The van der Waals surface area contributed by atoms with Gasteiger partial charge in [0.25, 0.3) is 0 Å². The summed E-state index contributed by atoms with van der Waals surface area (Å²) in [5, 5.41) is 10.4. The predicted molar refractivity (Wildman–Crippen MR) is 116 cm³/mol. The quantitative estimate of drug-likeness (QED) is 0.225. The van der Waals surface area contributed by atoms with Crippen molar-refractivity contribution in [2.45, 2.75) is 23.8 Å². The number of hydrogen-bond donors (Lipinski definition) is 1. The third kappa shape index (κ3) is 5.53. The molecule has 0 amide bonds. The van der Waals surface area contributed by atoms with E-state index in [1.165, 1.54) is 6.20 Å². The molecule has 1 heterocycles. The predicted octanol–water partition coefficient (Wildman–Crippen LogP) is 5.27. The normalized spacial score (nSPS) is 15.1. The summed E-state index contributed by atoms with van der Waals surface area (Å²) in [7, 11) is 0. The van der Waals surface area contributed by atoms with Crippen molar-refractivity contribution in [1.29, 1.82) is 0 Å². The SMILES string of the molecule is C=C[C@@H](C(Br)c1ncc(Cl)cc1OC[C@@H](C(=C)C=O)c1ccccc1)[C@H](C)O. The molecule has 1 aromatic heterocycles. The van der Waals surface area contributed by atoms with Crippen molar-refractivity contribution in [2.75, 3.05) is 6.61 Å². The topological polar surface area (TPSA) is 59.4 Å². The molecular formula is C22H23BrClNO3. The van der Waals surface area contributed by atoms with Gasteiger partial charge in [0, 0.05) is 24.1 Å². The first-order valence-electron chi connectivity index (χ1n) is 8.80. The first-order valence-corrected chi connectivity index (χ1v) is 10.1. The van der Waals surface area contributed by atoms with E-state index < -0.39 is 6.10 Å². The molecule has 1 unspecified atom stereocenters. The molecule has 0 aliphatic carbocycles. The van der Waals surface area contributed by atoms with Crippen LogP contribution in [0.3, 0.4) is 0 Å². The second-order valence-electron chi connectivity index (χ2n) is 6.46. The van der Waals surface area contributed by atoms with Gasteiger partial charge < -0.3 is 9.84 Å². The Morgan fingerprint density at radius 3 is 2.64 bits per heavy atom. The van der Waals surface area contributed by atoms with Crippen molar-refractivity contribution < 1.29 is 14.6 Å². The monoisotopic (exact) mass is 463 g/mol. The highest BCUT2D eigenvalue weighted by Crippen LogP contribution is 2.39. The summed E-state index contributed by atoms with van der Waals surface area (Å²) < 4.78 is 6.04. The maximum absolute atomic E-state index is 11.3. The van der Waals surface area contributed by atoms with Crippen LogP contribution in [0.2, 0.25) is 5.02 Å². The van der Waals surface area contributed by atoms with Gasteiger partial charge in [0.15, 0.2) is 0 Å². The first-order chi connectivity index (χ1) is 13.4. The summed E-state index contributed by atoms with van der Waals surface area (Å²) in [4.78, 5) is 15.4. The number of hydrogen-bond acceptors (Lipinski definition) is 4. The van der Waals surface area contributed by atoms with Crippen molar-refractivity contribution >= 4 is 33.8 Å². The fourth-order valence-electron chi connectivity index (χ4n) is 2.86. The molecule has 2 rings (SSSR count). The van der Waals surface area contributed by atoms with Crippen LogP contribution in [0.15, 0.2) is 67.4 Å². The van der Waals surface area contributed by atoms with Crippen molar-refractivity contribution in [3.8, 4) is 5.75 Å². The molecule has 28 heavy (non-hydrogen) atoms. The zero-order chi connectivity index (χ0) is 20.7. The third-order valence-electron chi connectivity index (χ3n) is 4.48. The molecule has 0 aliphatic rings. The highest BCUT2D eigenvalue weighted by molar-refractivity contribution is 9.09. The molecule has 1 N–H and O–H groups in total. The Bertz CT molecular complexity index is 826. The van der Waals surface area contributed by atoms with Gasteiger partial charge in [-0.25, -0.2) is 0 Å². The molecule has 148 valence electrons. The number of benzene rings is 1. The van der Waals surface area contributed by atoms with Gasteiger partial charge in [0.2, 0.25) is 0 Å². The highest BCUT2D eigenvalue weighted by atomic mass is 79.9. The number of ether oxygens (including phenoxy) is 1. The van der Waals surface area contributed by atoms with Crippen LogP contribution in [0.5, 0.6) is 5.75 Å². The Labute approximate surface area is 179 Å². The Hall–Kier alpha value is -1.95. The van der Waals surface area contributed by atoms with Crippen LogP contribution in [0.25, 0.3) is 0 Å². The van der Waals surface area contributed by atoms with Crippen LogP contribution in [-0.2, 0) is 4.79 Å². The largest absolute Gasteiger partial charge is 0.491 e. The van der Waals surface area contributed by atoms with Gasteiger partial charge in [-0.1, -0.05) is 70.5 Å². The lowest BCUT2D eigenvalue weighted by Gasteiger charge is -2.24. The lowest BCUT2D eigenvalue weighted by molar-refractivity contribution is -0.105. The number of aromatic nitrogens is 1. The molecule has 0 spiro atoms. The smallest absolute Gasteiger partial charge is 0.146 e. The van der Waals surface area contributed by atoms with Gasteiger partial charge in [-0.3, -0.25) is 9.78 Å². The number of aliphatic hydroxyl groups excluding tert-OH is 1. The summed E-state index contributed by atoms with van der Waals surface area (Å²) in [6.45, 7) is 9.53. The number of rotatable bonds is 10. The van der Waals surface area contributed by atoms with E-state index in [4.69, 9.17) is 16.3 Å². The molecule has 0 fully saturated rings. The van der Waals surface area contributed by atoms with Gasteiger partial charge in [-0.05, 0) is 18.1 Å². The van der Waals surface area contributed by atoms with E-state index >= 15 is 0 Å². The average molecular weight is 465 g/mol. The molecule has 1 aromatic carbocycles. The number of aliphatic hydroxyl groups is 1. The molecule has 2 aromatic rings. The van der Waals surface area contributed by atoms with Gasteiger partial charge in [-0.2, -0.15) is 0 Å². The van der Waals surface area contributed by atoms with Crippen molar-refractivity contribution in [3.05, 3.63) is 83.7 Å². The molecule has 0 bridgehead atoms. The standard InChI is InChI=1S/C22H23BrClNO3/c1-4-18(15(3)27)21(23)22-20(10-17(24)11-25-22)28-13-19(14(2)12-26)16-8-6-5-7-9-16/h4-12,15,18-19,21,27H,1-2,13H2,3H3/t15-,18+,19-,21?/m0/s1. The minimum atomic E-state index is -0.626. The van der Waals surface area contributed by atoms with E-state index in [1.54, 1.807) is 19.1 Å². The molecule has 4 atom stereocenters. The van der Waals surface area contributed by atoms with Gasteiger partial charge in [0.1, 0.15) is 12.0 Å². The minimum Gasteiger partial charge on any atom is -0.491 e. The van der Waals surface area contributed by atoms with Crippen LogP contribution in [0.4, 0.5) is 0 Å². The summed E-state index contributed by atoms with van der Waals surface area (Å²) >= 11 is 9.71. The highest BCUT2D eigenvalue weighted by Gasteiger charge is 2.27. The Balaban J connectivity index is 2.31. The van der Waals surface area contributed by atoms with Gasteiger partial charge in [0.05, 0.1) is 28.3 Å². The minimum absolute atomic E-state index is 0.198. The second kappa shape index (κ2) is 10.6. The molecule has 6 heteroatoms. The third-order valence-corrected chi connectivity index (χ3v) is 5.73. The number of carbonyl (C=O) groups excluding carboxylic acids is 1. The summed E-state index contributed by atoms with van der Waals surface area (Å²) in [5.41, 5.74) is 1.95. The van der Waals surface area contributed by atoms with E-state index in [9.17, 15) is 9.90 Å². The summed E-state index contributed by atoms with van der Waals surface area (Å²) in [6, 6.07) is 11.2. The van der Waals surface area contributed by atoms with E-state index in [2.05, 4.69) is 34.1 Å². The molecule has 0 aliphatic heterocycles. The zero-order valence-electron chi connectivity index (χ0n) is 15.6. The molecule has 0 saturated heterocycles. The summed E-state index contributed by atoms with van der Waals surface area (Å²) in [6.07, 6.45) is 3.32. The number of nitrogens with zero attached hydrogens (tertiary/aromatic N) is 1. The Morgan fingerprint density at radius 1 is 1.39 bits per heavy atom. The summed E-state index contributed by atoms with van der Waals surface area (Å²) in [5.74, 6) is -0.0985. The van der Waals surface area contributed by atoms with Crippen molar-refractivity contribution in [2.24, 2.45) is 5.92 Å². The number of carbonyl (C=O) groups is 1. The Morgan fingerprint density at radius 2 is 2.07 bits per heavy atom. The average Bonchev–Trinajstić information content (AvgIpc) is 2.69. The molecule has 0 radical (unpaired) electrons. The van der Waals surface area contributed by atoms with Gasteiger partial charge in [-0.15, -0.1) is 6.58 Å². The first kappa shape index (κ1) is 22.3. The van der Waals surface area contributed by atoms with Gasteiger partial charge >= 0.3 is 0 Å². The maximum Gasteiger partial charge on any atom is 0.146 e. The number of aldehydes is 1. The van der Waals surface area contributed by atoms with Crippen LogP contribution in [0.1, 0.15) is 28.9 Å². The van der Waals surface area contributed by atoms with E-state index in [0.717, 1.165) is 11.8 Å². The second-order valence-corrected chi connectivity index (χ2v) is 7.88. The molecular weight excluding hydrogens is 442 g/mol. The fraction of sp³-hybridized carbons (Fsp3) is 0.273. The van der Waals surface area contributed by atoms with Crippen LogP contribution in [-0.4, -0.2) is 29.1 Å². The fourth-order valence-corrected chi connectivity index (χ4v) is 4.00. The van der Waals surface area contributed by atoms with Crippen molar-refractivity contribution in [1.82, 2.24) is 4.98 Å². The maximum atomic E-state index is 11.3.